The highest BCUT2D eigenvalue weighted by Gasteiger charge is 2.35. The van der Waals surface area contributed by atoms with E-state index in [0.717, 1.165) is 19.4 Å². The molecule has 7 heteroatoms. The molecule has 1 N–H and O–H groups in total. The van der Waals surface area contributed by atoms with E-state index in [4.69, 9.17) is 5.11 Å². The number of likely N-dealkylation sites (tertiary alicyclic amines) is 1. The highest BCUT2D eigenvalue weighted by molar-refractivity contribution is 5.84. The Bertz CT molecular complexity index is 480. The van der Waals surface area contributed by atoms with Gasteiger partial charge in [-0.15, -0.1) is 5.10 Å². The molecule has 0 spiro atoms. The quantitative estimate of drug-likeness (QED) is 0.840. The third-order valence-corrected chi connectivity index (χ3v) is 3.26. The number of aromatic carboxylic acids is 1. The minimum Gasteiger partial charge on any atom is -0.476 e. The number of aromatic nitrogens is 3. The molecule has 1 aliphatic heterocycles. The number of hydrogen-bond acceptors (Lipinski definition) is 4. The maximum absolute atomic E-state index is 12.1. The molecule has 1 amide bonds. The van der Waals surface area contributed by atoms with Crippen LogP contribution in [-0.2, 0) is 11.3 Å². The molecule has 0 saturated carbocycles. The first-order valence-corrected chi connectivity index (χ1v) is 5.84. The highest BCUT2D eigenvalue weighted by Crippen LogP contribution is 2.28. The van der Waals surface area contributed by atoms with E-state index in [-0.39, 0.29) is 23.7 Å². The number of hydrogen-bond donors (Lipinski definition) is 1. The lowest BCUT2D eigenvalue weighted by molar-refractivity contribution is -0.135. The Balaban J connectivity index is 2.05. The number of rotatable bonds is 3. The molecule has 0 aliphatic carbocycles. The van der Waals surface area contributed by atoms with Gasteiger partial charge in [0.05, 0.1) is 6.20 Å². The van der Waals surface area contributed by atoms with Crippen molar-refractivity contribution < 1.29 is 14.7 Å². The SMILES string of the molecule is CC1(C)CCCN1C(=O)Cn1cc(C(=O)O)nn1. The summed E-state index contributed by atoms with van der Waals surface area (Å²) in [4.78, 5) is 24.6. The number of carbonyl (C=O) groups excluding carboxylic acids is 1. The van der Waals surface area contributed by atoms with E-state index >= 15 is 0 Å². The predicted molar refractivity (Wildman–Crippen MR) is 62.0 cm³/mol. The zero-order valence-electron chi connectivity index (χ0n) is 10.5. The maximum Gasteiger partial charge on any atom is 0.358 e. The monoisotopic (exact) mass is 252 g/mol. The fourth-order valence-corrected chi connectivity index (χ4v) is 2.27. The van der Waals surface area contributed by atoms with E-state index in [2.05, 4.69) is 10.3 Å². The maximum atomic E-state index is 12.1. The van der Waals surface area contributed by atoms with Crippen LogP contribution >= 0.6 is 0 Å². The van der Waals surface area contributed by atoms with Crippen molar-refractivity contribution in [1.82, 2.24) is 19.9 Å². The fourth-order valence-electron chi connectivity index (χ4n) is 2.27. The van der Waals surface area contributed by atoms with Crippen molar-refractivity contribution in [2.24, 2.45) is 0 Å². The normalized spacial score (nSPS) is 18.0. The fraction of sp³-hybridized carbons (Fsp3) is 0.636. The van der Waals surface area contributed by atoms with Crippen molar-refractivity contribution in [3.63, 3.8) is 0 Å². The van der Waals surface area contributed by atoms with Crippen molar-refractivity contribution in [3.05, 3.63) is 11.9 Å². The molecule has 98 valence electrons. The molecule has 0 bridgehead atoms. The Morgan fingerprint density at radius 1 is 1.50 bits per heavy atom. The van der Waals surface area contributed by atoms with Crippen LogP contribution in [0.3, 0.4) is 0 Å². The van der Waals surface area contributed by atoms with Gasteiger partial charge in [0.1, 0.15) is 6.54 Å². The number of nitrogens with zero attached hydrogens (tertiary/aromatic N) is 4. The molecule has 0 radical (unpaired) electrons. The van der Waals surface area contributed by atoms with Gasteiger partial charge in [0.25, 0.3) is 0 Å². The topological polar surface area (TPSA) is 88.3 Å². The molecular formula is C11H16N4O3. The van der Waals surface area contributed by atoms with Gasteiger partial charge in [-0.25, -0.2) is 9.48 Å². The summed E-state index contributed by atoms with van der Waals surface area (Å²) in [5, 5.41) is 15.8. The summed E-state index contributed by atoms with van der Waals surface area (Å²) >= 11 is 0. The molecule has 1 aromatic heterocycles. The zero-order chi connectivity index (χ0) is 13.3. The first kappa shape index (κ1) is 12.5. The predicted octanol–water partition coefficient (Wildman–Crippen LogP) is 0.377. The Hall–Kier alpha value is -1.92. The summed E-state index contributed by atoms with van der Waals surface area (Å²) in [6.45, 7) is 4.83. The lowest BCUT2D eigenvalue weighted by Crippen LogP contribution is -2.44. The summed E-state index contributed by atoms with van der Waals surface area (Å²) in [5.41, 5.74) is -0.281. The van der Waals surface area contributed by atoms with Crippen LogP contribution in [0.1, 0.15) is 37.2 Å². The van der Waals surface area contributed by atoms with E-state index < -0.39 is 5.97 Å². The molecule has 1 fully saturated rings. The van der Waals surface area contributed by atoms with Crippen LogP contribution in [-0.4, -0.2) is 49.0 Å². The minimum absolute atomic E-state index is 0.0315. The molecule has 1 saturated heterocycles. The lowest BCUT2D eigenvalue weighted by Gasteiger charge is -2.31. The van der Waals surface area contributed by atoms with Gasteiger partial charge in [-0.05, 0) is 26.7 Å². The van der Waals surface area contributed by atoms with Crippen molar-refractivity contribution in [2.75, 3.05) is 6.54 Å². The molecule has 7 nitrogen and oxygen atoms in total. The number of carboxylic acid groups (broad SMARTS) is 1. The summed E-state index contributed by atoms with van der Waals surface area (Å²) in [6, 6.07) is 0. The van der Waals surface area contributed by atoms with Gasteiger partial charge >= 0.3 is 5.97 Å². The van der Waals surface area contributed by atoms with Crippen molar-refractivity contribution in [3.8, 4) is 0 Å². The zero-order valence-corrected chi connectivity index (χ0v) is 10.5. The van der Waals surface area contributed by atoms with E-state index in [1.165, 1.54) is 10.9 Å². The third-order valence-electron chi connectivity index (χ3n) is 3.26. The van der Waals surface area contributed by atoms with Crippen molar-refractivity contribution in [1.29, 1.82) is 0 Å². The molecule has 0 unspecified atom stereocenters. The van der Waals surface area contributed by atoms with Gasteiger partial charge in [0, 0.05) is 12.1 Å². The van der Waals surface area contributed by atoms with Crippen LogP contribution in [0.5, 0.6) is 0 Å². The number of carbonyl (C=O) groups is 2. The second-order valence-corrected chi connectivity index (χ2v) is 5.07. The molecule has 0 atom stereocenters. The van der Waals surface area contributed by atoms with Crippen LogP contribution < -0.4 is 0 Å². The highest BCUT2D eigenvalue weighted by atomic mass is 16.4. The molecule has 1 aromatic rings. The minimum atomic E-state index is -1.14. The van der Waals surface area contributed by atoms with Gasteiger partial charge in [0.2, 0.25) is 5.91 Å². The third kappa shape index (κ3) is 2.34. The summed E-state index contributed by atoms with van der Waals surface area (Å²) < 4.78 is 1.26. The molecule has 18 heavy (non-hydrogen) atoms. The van der Waals surface area contributed by atoms with E-state index in [9.17, 15) is 9.59 Å². The van der Waals surface area contributed by atoms with Gasteiger partial charge < -0.3 is 10.0 Å². The molecular weight excluding hydrogens is 236 g/mol. The Morgan fingerprint density at radius 2 is 2.22 bits per heavy atom. The van der Waals surface area contributed by atoms with Gasteiger partial charge in [-0.2, -0.15) is 0 Å². The summed E-state index contributed by atoms with van der Waals surface area (Å²) in [6.07, 6.45) is 3.25. The van der Waals surface area contributed by atoms with Crippen LogP contribution in [0.25, 0.3) is 0 Å². The lowest BCUT2D eigenvalue weighted by atomic mass is 10.0. The largest absolute Gasteiger partial charge is 0.476 e. The number of amides is 1. The van der Waals surface area contributed by atoms with Gasteiger partial charge in [-0.3, -0.25) is 4.79 Å². The summed E-state index contributed by atoms with van der Waals surface area (Å²) in [7, 11) is 0. The standard InChI is InChI=1S/C11H16N4O3/c1-11(2)4-3-5-15(11)9(16)7-14-6-8(10(17)18)12-13-14/h6H,3-5,7H2,1-2H3,(H,17,18). The van der Waals surface area contributed by atoms with E-state index in [1.54, 1.807) is 0 Å². The number of carboxylic acids is 1. The average Bonchev–Trinajstić information content (AvgIpc) is 2.84. The van der Waals surface area contributed by atoms with Crippen molar-refractivity contribution in [2.45, 2.75) is 38.8 Å². The van der Waals surface area contributed by atoms with Crippen molar-refractivity contribution >= 4 is 11.9 Å². The van der Waals surface area contributed by atoms with Gasteiger partial charge in [0.15, 0.2) is 5.69 Å². The molecule has 2 rings (SSSR count). The first-order chi connectivity index (χ1) is 8.40. The van der Waals surface area contributed by atoms with Crippen LogP contribution in [0, 0.1) is 0 Å². The van der Waals surface area contributed by atoms with Crippen LogP contribution in [0.4, 0.5) is 0 Å². The van der Waals surface area contributed by atoms with Crippen LogP contribution in [0.2, 0.25) is 0 Å². The second kappa shape index (κ2) is 4.40. The smallest absolute Gasteiger partial charge is 0.358 e. The Labute approximate surface area is 104 Å². The van der Waals surface area contributed by atoms with E-state index in [0.29, 0.717) is 0 Å². The van der Waals surface area contributed by atoms with E-state index in [1.807, 2.05) is 18.7 Å². The Morgan fingerprint density at radius 3 is 2.72 bits per heavy atom. The Kier molecular flexibility index (Phi) is 3.06. The average molecular weight is 252 g/mol. The molecule has 0 aromatic carbocycles. The molecule has 2 heterocycles. The second-order valence-electron chi connectivity index (χ2n) is 5.07. The van der Waals surface area contributed by atoms with Crippen LogP contribution in [0.15, 0.2) is 6.20 Å². The van der Waals surface area contributed by atoms with Gasteiger partial charge in [-0.1, -0.05) is 5.21 Å². The first-order valence-electron chi connectivity index (χ1n) is 5.84. The molecule has 1 aliphatic rings. The summed E-state index contributed by atoms with van der Waals surface area (Å²) in [5.74, 6) is -1.20.